The van der Waals surface area contributed by atoms with E-state index in [0.29, 0.717) is 12.5 Å². The largest absolute Gasteiger partial charge is 0.381 e. The van der Waals surface area contributed by atoms with Crippen LogP contribution in [0.15, 0.2) is 4.52 Å². The zero-order valence-corrected chi connectivity index (χ0v) is 13.1. The van der Waals surface area contributed by atoms with Crippen molar-refractivity contribution < 1.29 is 14.1 Å². The van der Waals surface area contributed by atoms with Crippen molar-refractivity contribution in [3.05, 3.63) is 11.7 Å². The van der Waals surface area contributed by atoms with E-state index in [9.17, 15) is 4.79 Å². The number of rotatable bonds is 3. The monoisotopic (exact) mass is 308 g/mol. The van der Waals surface area contributed by atoms with E-state index in [4.69, 9.17) is 9.26 Å². The van der Waals surface area contributed by atoms with E-state index in [0.717, 1.165) is 63.7 Å². The predicted molar refractivity (Wildman–Crippen MR) is 79.7 cm³/mol. The average Bonchev–Trinajstić information content (AvgIpc) is 3.06. The molecule has 22 heavy (non-hydrogen) atoms. The van der Waals surface area contributed by atoms with Crippen molar-refractivity contribution in [3.8, 4) is 0 Å². The number of urea groups is 1. The molecule has 2 saturated heterocycles. The molecule has 2 aliphatic heterocycles. The van der Waals surface area contributed by atoms with Crippen LogP contribution in [-0.2, 0) is 4.74 Å². The Bertz CT molecular complexity index is 491. The lowest BCUT2D eigenvalue weighted by Gasteiger charge is -2.30. The lowest BCUT2D eigenvalue weighted by atomic mass is 9.96. The number of nitrogens with zero attached hydrogens (tertiary/aromatic N) is 3. The first kappa shape index (κ1) is 15.3. The zero-order chi connectivity index (χ0) is 15.4. The van der Waals surface area contributed by atoms with E-state index < -0.39 is 0 Å². The van der Waals surface area contributed by atoms with Crippen molar-refractivity contribution in [1.82, 2.24) is 20.4 Å². The number of ether oxygens (including phenoxy) is 1. The summed E-state index contributed by atoms with van der Waals surface area (Å²) in [5, 5.41) is 7.00. The molecule has 0 atom stereocenters. The van der Waals surface area contributed by atoms with Crippen molar-refractivity contribution in [2.75, 3.05) is 32.8 Å². The minimum atomic E-state index is 0.0226. The van der Waals surface area contributed by atoms with Crippen molar-refractivity contribution in [2.45, 2.75) is 44.4 Å². The maximum atomic E-state index is 11.8. The Hall–Kier alpha value is -1.63. The summed E-state index contributed by atoms with van der Waals surface area (Å²) in [6.45, 7) is 5.63. The van der Waals surface area contributed by atoms with Crippen LogP contribution < -0.4 is 5.32 Å². The third-order valence-corrected chi connectivity index (χ3v) is 4.50. The van der Waals surface area contributed by atoms with Crippen LogP contribution in [0.2, 0.25) is 0 Å². The minimum absolute atomic E-state index is 0.0226. The van der Waals surface area contributed by atoms with Gasteiger partial charge in [-0.25, -0.2) is 4.79 Å². The first-order chi connectivity index (χ1) is 10.8. The van der Waals surface area contributed by atoms with Crippen LogP contribution in [0.1, 0.15) is 56.2 Å². The first-order valence-corrected chi connectivity index (χ1v) is 8.22. The van der Waals surface area contributed by atoms with Crippen LogP contribution in [0.25, 0.3) is 0 Å². The second kappa shape index (κ2) is 7.09. The Kier molecular flexibility index (Phi) is 4.92. The highest BCUT2D eigenvalue weighted by atomic mass is 16.5. The van der Waals surface area contributed by atoms with Crippen LogP contribution in [0.5, 0.6) is 0 Å². The molecule has 1 aromatic heterocycles. The molecule has 122 valence electrons. The standard InChI is InChI=1S/C15H24N4O3/c1-2-16-15(20)19-7-3-12(4-8-19)14-17-13(18-22-14)11-5-9-21-10-6-11/h11-12H,2-10H2,1H3,(H,16,20). The second-order valence-electron chi connectivity index (χ2n) is 5.97. The molecule has 7 heteroatoms. The van der Waals surface area contributed by atoms with E-state index in [1.165, 1.54) is 0 Å². The van der Waals surface area contributed by atoms with Gasteiger partial charge in [-0.15, -0.1) is 0 Å². The van der Waals surface area contributed by atoms with Gasteiger partial charge in [-0.3, -0.25) is 0 Å². The molecule has 2 aliphatic rings. The Labute approximate surface area is 130 Å². The summed E-state index contributed by atoms with van der Waals surface area (Å²) in [5.41, 5.74) is 0. The van der Waals surface area contributed by atoms with E-state index in [1.807, 2.05) is 11.8 Å². The molecule has 0 bridgehead atoms. The number of likely N-dealkylation sites (tertiary alicyclic amines) is 1. The van der Waals surface area contributed by atoms with Crippen molar-refractivity contribution in [1.29, 1.82) is 0 Å². The van der Waals surface area contributed by atoms with Crippen molar-refractivity contribution in [2.24, 2.45) is 0 Å². The molecule has 1 N–H and O–H groups in total. The predicted octanol–water partition coefficient (Wildman–Crippen LogP) is 1.87. The molecule has 0 radical (unpaired) electrons. The van der Waals surface area contributed by atoms with Gasteiger partial charge >= 0.3 is 6.03 Å². The molecule has 2 fully saturated rings. The fourth-order valence-electron chi connectivity index (χ4n) is 3.13. The Morgan fingerprint density at radius 3 is 2.64 bits per heavy atom. The third-order valence-electron chi connectivity index (χ3n) is 4.50. The third kappa shape index (κ3) is 3.40. The second-order valence-corrected chi connectivity index (χ2v) is 5.97. The van der Waals surface area contributed by atoms with Crippen molar-refractivity contribution in [3.63, 3.8) is 0 Å². The van der Waals surface area contributed by atoms with Gasteiger partial charge in [0.05, 0.1) is 0 Å². The number of carbonyl (C=O) groups excluding carboxylic acids is 1. The number of piperidine rings is 1. The molecule has 0 saturated carbocycles. The van der Waals surface area contributed by atoms with Crippen LogP contribution in [0.3, 0.4) is 0 Å². The molecular formula is C15H24N4O3. The summed E-state index contributed by atoms with van der Waals surface area (Å²) in [6.07, 6.45) is 3.70. The SMILES string of the molecule is CCNC(=O)N1CCC(c2nc(C3CCOCC3)no2)CC1. The van der Waals surface area contributed by atoms with E-state index in [1.54, 1.807) is 0 Å². The van der Waals surface area contributed by atoms with E-state index in [-0.39, 0.29) is 11.9 Å². The highest BCUT2D eigenvalue weighted by Crippen LogP contribution is 2.30. The van der Waals surface area contributed by atoms with Crippen LogP contribution in [-0.4, -0.2) is 53.9 Å². The summed E-state index contributed by atoms with van der Waals surface area (Å²) in [4.78, 5) is 18.3. The molecule has 7 nitrogen and oxygen atoms in total. The Morgan fingerprint density at radius 1 is 1.23 bits per heavy atom. The van der Waals surface area contributed by atoms with E-state index >= 15 is 0 Å². The fraction of sp³-hybridized carbons (Fsp3) is 0.800. The van der Waals surface area contributed by atoms with Gasteiger partial charge < -0.3 is 19.5 Å². The maximum Gasteiger partial charge on any atom is 0.317 e. The van der Waals surface area contributed by atoms with Gasteiger partial charge in [0.2, 0.25) is 5.89 Å². The molecule has 1 aromatic rings. The number of hydrogen-bond donors (Lipinski definition) is 1. The van der Waals surface area contributed by atoms with Gasteiger partial charge in [-0.1, -0.05) is 5.16 Å². The van der Waals surface area contributed by atoms with E-state index in [2.05, 4.69) is 15.5 Å². The summed E-state index contributed by atoms with van der Waals surface area (Å²) >= 11 is 0. The lowest BCUT2D eigenvalue weighted by Crippen LogP contribution is -2.44. The lowest BCUT2D eigenvalue weighted by molar-refractivity contribution is 0.0830. The van der Waals surface area contributed by atoms with Crippen LogP contribution >= 0.6 is 0 Å². The smallest absolute Gasteiger partial charge is 0.317 e. The topological polar surface area (TPSA) is 80.5 Å². The van der Waals surface area contributed by atoms with Gasteiger partial charge in [0, 0.05) is 44.7 Å². The molecule has 3 heterocycles. The maximum absolute atomic E-state index is 11.8. The first-order valence-electron chi connectivity index (χ1n) is 8.22. The van der Waals surface area contributed by atoms with Crippen LogP contribution in [0, 0.1) is 0 Å². The average molecular weight is 308 g/mol. The summed E-state index contributed by atoms with van der Waals surface area (Å²) in [5.74, 6) is 2.19. The molecule has 3 rings (SSSR count). The molecular weight excluding hydrogens is 284 g/mol. The summed E-state index contributed by atoms with van der Waals surface area (Å²) in [6, 6.07) is 0.0226. The fourth-order valence-corrected chi connectivity index (χ4v) is 3.13. The van der Waals surface area contributed by atoms with Crippen molar-refractivity contribution >= 4 is 6.03 Å². The van der Waals surface area contributed by atoms with Gasteiger partial charge in [0.25, 0.3) is 0 Å². The van der Waals surface area contributed by atoms with Gasteiger partial charge in [0.15, 0.2) is 5.82 Å². The molecule has 2 amide bonds. The summed E-state index contributed by atoms with van der Waals surface area (Å²) in [7, 11) is 0. The van der Waals surface area contributed by atoms with Gasteiger partial charge in [-0.2, -0.15) is 4.98 Å². The quantitative estimate of drug-likeness (QED) is 0.922. The molecule has 0 unspecified atom stereocenters. The number of hydrogen-bond acceptors (Lipinski definition) is 5. The number of aromatic nitrogens is 2. The molecule has 0 spiro atoms. The number of nitrogens with one attached hydrogen (secondary N) is 1. The number of carbonyl (C=O) groups is 1. The highest BCUT2D eigenvalue weighted by Gasteiger charge is 2.29. The molecule has 0 aliphatic carbocycles. The highest BCUT2D eigenvalue weighted by molar-refractivity contribution is 5.74. The summed E-state index contributed by atoms with van der Waals surface area (Å²) < 4.78 is 10.8. The van der Waals surface area contributed by atoms with Gasteiger partial charge in [0.1, 0.15) is 0 Å². The zero-order valence-electron chi connectivity index (χ0n) is 13.1. The Morgan fingerprint density at radius 2 is 1.95 bits per heavy atom. The molecule has 0 aromatic carbocycles. The normalized spacial score (nSPS) is 21.0. The Balaban J connectivity index is 1.55. The van der Waals surface area contributed by atoms with Gasteiger partial charge in [-0.05, 0) is 32.6 Å². The minimum Gasteiger partial charge on any atom is -0.381 e. The number of amides is 2. The van der Waals surface area contributed by atoms with Crippen LogP contribution in [0.4, 0.5) is 4.79 Å².